The zero-order chi connectivity index (χ0) is 21.1. The molecule has 0 amide bonds. The number of nitrogens with zero attached hydrogens (tertiary/aromatic N) is 3. The molecule has 0 radical (unpaired) electrons. The Morgan fingerprint density at radius 3 is 2.30 bits per heavy atom. The molecular weight excluding hydrogens is 370 g/mol. The van der Waals surface area contributed by atoms with E-state index in [9.17, 15) is 0 Å². The van der Waals surface area contributed by atoms with Crippen LogP contribution in [0.4, 0.5) is 11.8 Å². The monoisotopic (exact) mass is 403 g/mol. The van der Waals surface area contributed by atoms with Crippen molar-refractivity contribution < 1.29 is 0 Å². The SMILES string of the molecule is CNc1nc(NCC2CCC(N(C)C)CC2)nc2ccc(-c3ccc(C)cc3)cc12. The van der Waals surface area contributed by atoms with E-state index in [1.807, 2.05) is 7.05 Å². The van der Waals surface area contributed by atoms with Crippen molar-refractivity contribution >= 4 is 22.7 Å². The van der Waals surface area contributed by atoms with Gasteiger partial charge in [-0.15, -0.1) is 0 Å². The van der Waals surface area contributed by atoms with Crippen LogP contribution >= 0.6 is 0 Å². The molecule has 1 aliphatic rings. The number of aromatic nitrogens is 2. The molecular formula is C25H33N5. The zero-order valence-corrected chi connectivity index (χ0v) is 18.6. The van der Waals surface area contributed by atoms with Crippen LogP contribution in [0.25, 0.3) is 22.0 Å². The lowest BCUT2D eigenvalue weighted by Gasteiger charge is -2.32. The molecule has 5 nitrogen and oxygen atoms in total. The third kappa shape index (κ3) is 4.57. The molecule has 1 heterocycles. The van der Waals surface area contributed by atoms with Crippen LogP contribution < -0.4 is 10.6 Å². The van der Waals surface area contributed by atoms with Gasteiger partial charge in [0.25, 0.3) is 0 Å². The number of fused-ring (bicyclic) bond motifs is 1. The summed E-state index contributed by atoms with van der Waals surface area (Å²) in [4.78, 5) is 11.9. The standard InChI is InChI=1S/C25H33N5/c1-17-5-9-19(10-6-17)20-11-14-23-22(15-20)24(26-2)29-25(28-23)27-16-18-7-12-21(13-8-18)30(3)4/h5-6,9-11,14-15,18,21H,7-8,12-13,16H2,1-4H3,(H2,26,27,28,29). The van der Waals surface area contributed by atoms with E-state index < -0.39 is 0 Å². The van der Waals surface area contributed by atoms with Crippen molar-refractivity contribution in [2.45, 2.75) is 38.6 Å². The molecule has 5 heteroatoms. The van der Waals surface area contributed by atoms with Crippen molar-refractivity contribution in [2.24, 2.45) is 5.92 Å². The molecule has 2 N–H and O–H groups in total. The topological polar surface area (TPSA) is 53.1 Å². The van der Waals surface area contributed by atoms with E-state index in [1.54, 1.807) is 0 Å². The van der Waals surface area contributed by atoms with Crippen molar-refractivity contribution in [3.8, 4) is 11.1 Å². The first-order valence-electron chi connectivity index (χ1n) is 11.0. The highest BCUT2D eigenvalue weighted by Crippen LogP contribution is 2.30. The second kappa shape index (κ2) is 9.00. The molecule has 0 unspecified atom stereocenters. The van der Waals surface area contributed by atoms with Gasteiger partial charge in [0.2, 0.25) is 5.95 Å². The lowest BCUT2D eigenvalue weighted by atomic mass is 9.85. The molecule has 0 bridgehead atoms. The Bertz CT molecular complexity index is 988. The number of benzene rings is 2. The van der Waals surface area contributed by atoms with Gasteiger partial charge in [0, 0.05) is 25.0 Å². The summed E-state index contributed by atoms with van der Waals surface area (Å²) in [5.74, 6) is 2.28. The highest BCUT2D eigenvalue weighted by molar-refractivity contribution is 5.93. The first-order chi connectivity index (χ1) is 14.5. The summed E-state index contributed by atoms with van der Waals surface area (Å²) in [5, 5.41) is 7.81. The summed E-state index contributed by atoms with van der Waals surface area (Å²) in [6, 6.07) is 15.8. The lowest BCUT2D eigenvalue weighted by molar-refractivity contribution is 0.198. The minimum Gasteiger partial charge on any atom is -0.372 e. The maximum atomic E-state index is 4.79. The van der Waals surface area contributed by atoms with Gasteiger partial charge >= 0.3 is 0 Å². The highest BCUT2D eigenvalue weighted by atomic mass is 15.1. The molecule has 0 atom stereocenters. The van der Waals surface area contributed by atoms with E-state index in [2.05, 4.69) is 79.0 Å². The summed E-state index contributed by atoms with van der Waals surface area (Å²) in [6.45, 7) is 3.05. The molecule has 158 valence electrons. The Balaban J connectivity index is 1.50. The minimum absolute atomic E-state index is 0.697. The fourth-order valence-electron chi connectivity index (χ4n) is 4.42. The molecule has 4 rings (SSSR count). The van der Waals surface area contributed by atoms with Gasteiger partial charge in [-0.25, -0.2) is 4.98 Å². The third-order valence-electron chi connectivity index (χ3n) is 6.41. The van der Waals surface area contributed by atoms with Crippen LogP contribution in [-0.2, 0) is 0 Å². The molecule has 0 spiro atoms. The highest BCUT2D eigenvalue weighted by Gasteiger charge is 2.22. The van der Waals surface area contributed by atoms with Gasteiger partial charge in [0.1, 0.15) is 5.82 Å². The van der Waals surface area contributed by atoms with Gasteiger partial charge in [-0.05, 0) is 75.9 Å². The lowest BCUT2D eigenvalue weighted by Crippen LogP contribution is -2.33. The Morgan fingerprint density at radius 2 is 1.63 bits per heavy atom. The van der Waals surface area contributed by atoms with E-state index in [0.717, 1.165) is 29.3 Å². The van der Waals surface area contributed by atoms with Gasteiger partial charge in [-0.2, -0.15) is 4.98 Å². The summed E-state index contributed by atoms with van der Waals surface area (Å²) in [7, 11) is 6.30. The van der Waals surface area contributed by atoms with E-state index in [1.165, 1.54) is 42.4 Å². The third-order valence-corrected chi connectivity index (χ3v) is 6.41. The van der Waals surface area contributed by atoms with Crippen LogP contribution in [0.2, 0.25) is 0 Å². The summed E-state index contributed by atoms with van der Waals surface area (Å²) in [6.07, 6.45) is 5.09. The van der Waals surface area contributed by atoms with E-state index >= 15 is 0 Å². The Kier molecular flexibility index (Phi) is 6.18. The maximum absolute atomic E-state index is 4.79. The average molecular weight is 404 g/mol. The molecule has 0 aliphatic heterocycles. The van der Waals surface area contributed by atoms with E-state index in [4.69, 9.17) is 9.97 Å². The molecule has 3 aromatic rings. The Morgan fingerprint density at radius 1 is 0.933 bits per heavy atom. The quantitative estimate of drug-likeness (QED) is 0.594. The maximum Gasteiger partial charge on any atom is 0.225 e. The number of aryl methyl sites for hydroxylation is 1. The molecule has 0 saturated heterocycles. The fraction of sp³-hybridized carbons (Fsp3) is 0.440. The van der Waals surface area contributed by atoms with E-state index in [-0.39, 0.29) is 0 Å². The number of hydrogen-bond acceptors (Lipinski definition) is 5. The van der Waals surface area contributed by atoms with Gasteiger partial charge in [0.05, 0.1) is 5.52 Å². The van der Waals surface area contributed by atoms with E-state index in [0.29, 0.717) is 11.9 Å². The minimum atomic E-state index is 0.697. The zero-order valence-electron chi connectivity index (χ0n) is 18.6. The van der Waals surface area contributed by atoms with Crippen LogP contribution in [-0.4, -0.2) is 48.6 Å². The smallest absolute Gasteiger partial charge is 0.225 e. The number of hydrogen-bond donors (Lipinski definition) is 2. The van der Waals surface area contributed by atoms with Crippen LogP contribution in [0.3, 0.4) is 0 Å². The Labute approximate surface area is 179 Å². The van der Waals surface area contributed by atoms with Gasteiger partial charge in [0.15, 0.2) is 0 Å². The van der Waals surface area contributed by atoms with Gasteiger partial charge in [-0.3, -0.25) is 0 Å². The molecule has 1 fully saturated rings. The van der Waals surface area contributed by atoms with Crippen molar-refractivity contribution in [3.63, 3.8) is 0 Å². The first-order valence-corrected chi connectivity index (χ1v) is 11.0. The number of nitrogens with one attached hydrogen (secondary N) is 2. The van der Waals surface area contributed by atoms with Crippen molar-refractivity contribution in [1.29, 1.82) is 0 Å². The molecule has 1 aliphatic carbocycles. The Hall–Kier alpha value is -2.66. The van der Waals surface area contributed by atoms with Gasteiger partial charge < -0.3 is 15.5 Å². The normalized spacial score (nSPS) is 19.2. The molecule has 2 aromatic carbocycles. The number of rotatable bonds is 6. The van der Waals surface area contributed by atoms with Crippen LogP contribution in [0.5, 0.6) is 0 Å². The fourth-order valence-corrected chi connectivity index (χ4v) is 4.42. The summed E-state index contributed by atoms with van der Waals surface area (Å²) >= 11 is 0. The second-order valence-corrected chi connectivity index (χ2v) is 8.76. The second-order valence-electron chi connectivity index (χ2n) is 8.76. The van der Waals surface area contributed by atoms with Crippen molar-refractivity contribution in [3.05, 3.63) is 48.0 Å². The van der Waals surface area contributed by atoms with Crippen molar-refractivity contribution in [2.75, 3.05) is 38.3 Å². The van der Waals surface area contributed by atoms with Crippen molar-refractivity contribution in [1.82, 2.24) is 14.9 Å². The molecule has 1 saturated carbocycles. The molecule has 1 aromatic heterocycles. The predicted octanol–water partition coefficient (Wildman–Crippen LogP) is 5.18. The van der Waals surface area contributed by atoms with Crippen LogP contribution in [0, 0.1) is 12.8 Å². The summed E-state index contributed by atoms with van der Waals surface area (Å²) in [5.41, 5.74) is 4.62. The first kappa shape index (κ1) is 20.6. The molecule has 30 heavy (non-hydrogen) atoms. The number of anilines is 2. The van der Waals surface area contributed by atoms with Crippen LogP contribution in [0.1, 0.15) is 31.2 Å². The summed E-state index contributed by atoms with van der Waals surface area (Å²) < 4.78 is 0. The van der Waals surface area contributed by atoms with Gasteiger partial charge in [-0.1, -0.05) is 35.9 Å². The largest absolute Gasteiger partial charge is 0.372 e. The predicted molar refractivity (Wildman–Crippen MR) is 127 cm³/mol. The average Bonchev–Trinajstić information content (AvgIpc) is 2.77. The van der Waals surface area contributed by atoms with Crippen LogP contribution in [0.15, 0.2) is 42.5 Å².